The Kier molecular flexibility index (Phi) is 4.98. The highest BCUT2D eigenvalue weighted by Crippen LogP contribution is 2.31. The summed E-state index contributed by atoms with van der Waals surface area (Å²) in [5, 5.41) is 2.76. The van der Waals surface area contributed by atoms with Gasteiger partial charge in [0.05, 0.1) is 22.7 Å². The van der Waals surface area contributed by atoms with Crippen LogP contribution >= 0.6 is 0 Å². The first-order valence-corrected chi connectivity index (χ1v) is 8.16. The number of rotatable bonds is 4. The number of halogens is 3. The van der Waals surface area contributed by atoms with Crippen molar-refractivity contribution in [1.29, 1.82) is 0 Å². The van der Waals surface area contributed by atoms with Gasteiger partial charge in [0.1, 0.15) is 0 Å². The molecule has 0 atom stereocenters. The highest BCUT2D eigenvalue weighted by molar-refractivity contribution is 5.96. The number of para-hydroxylation sites is 2. The maximum Gasteiger partial charge on any atom is 0.416 e. The average molecular weight is 375 g/mol. The highest BCUT2D eigenvalue weighted by Gasteiger charge is 2.30. The summed E-state index contributed by atoms with van der Waals surface area (Å²) < 4.78 is 44.0. The molecule has 2 aromatic carbocycles. The van der Waals surface area contributed by atoms with Crippen LogP contribution in [0.4, 0.5) is 24.7 Å². The fourth-order valence-corrected chi connectivity index (χ4v) is 2.41. The van der Waals surface area contributed by atoms with Crippen LogP contribution in [-0.2, 0) is 10.9 Å². The van der Waals surface area contributed by atoms with Crippen LogP contribution < -0.4 is 5.32 Å². The normalized spacial score (nSPS) is 11.6. The number of fused-ring (bicyclic) bond motifs is 1. The van der Waals surface area contributed by atoms with E-state index in [9.17, 15) is 18.0 Å². The number of carbonyl (C=O) groups excluding carboxylic acids is 1. The lowest BCUT2D eigenvalue weighted by Gasteiger charge is -2.14. The van der Waals surface area contributed by atoms with Gasteiger partial charge in [0.2, 0.25) is 0 Å². The first-order valence-electron chi connectivity index (χ1n) is 8.16. The summed E-state index contributed by atoms with van der Waals surface area (Å²) in [6.45, 7) is 3.37. The molecule has 0 amide bonds. The largest absolute Gasteiger partial charge is 0.458 e. The summed E-state index contributed by atoms with van der Waals surface area (Å²) >= 11 is 0. The summed E-state index contributed by atoms with van der Waals surface area (Å²) in [5.74, 6) is -0.684. The standard InChI is InChI=1S/C19H16F3N3O2/c1-11(2)27-18(26)16-17(25-15-9-4-3-8-14(15)24-16)23-13-7-5-6-12(10-13)19(20,21)22/h3-11H,1-2H3,(H,23,25). The summed E-state index contributed by atoms with van der Waals surface area (Å²) in [4.78, 5) is 21.0. The minimum Gasteiger partial charge on any atom is -0.458 e. The van der Waals surface area contributed by atoms with Crippen molar-refractivity contribution in [3.63, 3.8) is 0 Å². The van der Waals surface area contributed by atoms with Crippen molar-refractivity contribution in [1.82, 2.24) is 9.97 Å². The number of nitrogens with one attached hydrogen (secondary N) is 1. The molecule has 0 bridgehead atoms. The van der Waals surface area contributed by atoms with Crippen LogP contribution in [0.25, 0.3) is 11.0 Å². The van der Waals surface area contributed by atoms with Gasteiger partial charge in [-0.05, 0) is 44.2 Å². The van der Waals surface area contributed by atoms with Crippen LogP contribution in [0.5, 0.6) is 0 Å². The first kappa shape index (κ1) is 18.6. The Morgan fingerprint density at radius 1 is 1.04 bits per heavy atom. The number of ether oxygens (including phenoxy) is 1. The molecular formula is C19H16F3N3O2. The predicted octanol–water partition coefficient (Wildman–Crippen LogP) is 4.96. The van der Waals surface area contributed by atoms with Crippen LogP contribution in [0.2, 0.25) is 0 Å². The molecule has 140 valence electrons. The van der Waals surface area contributed by atoms with E-state index in [1.807, 2.05) is 0 Å². The summed E-state index contributed by atoms with van der Waals surface area (Å²) in [7, 11) is 0. The monoisotopic (exact) mass is 375 g/mol. The SMILES string of the molecule is CC(C)OC(=O)c1nc2ccccc2nc1Nc1cccc(C(F)(F)F)c1. The molecule has 0 aliphatic carbocycles. The molecule has 0 unspecified atom stereocenters. The van der Waals surface area contributed by atoms with Gasteiger partial charge >= 0.3 is 12.1 Å². The lowest BCUT2D eigenvalue weighted by molar-refractivity contribution is -0.137. The lowest BCUT2D eigenvalue weighted by Crippen LogP contribution is -2.16. The molecule has 1 aromatic heterocycles. The smallest absolute Gasteiger partial charge is 0.416 e. The van der Waals surface area contributed by atoms with Gasteiger partial charge < -0.3 is 10.1 Å². The fourth-order valence-electron chi connectivity index (χ4n) is 2.41. The number of hydrogen-bond donors (Lipinski definition) is 1. The van der Waals surface area contributed by atoms with Crippen molar-refractivity contribution in [2.24, 2.45) is 0 Å². The molecule has 8 heteroatoms. The number of anilines is 2. The van der Waals surface area contributed by atoms with Crippen molar-refractivity contribution in [2.45, 2.75) is 26.1 Å². The number of nitrogens with zero attached hydrogens (tertiary/aromatic N) is 2. The topological polar surface area (TPSA) is 64.1 Å². The summed E-state index contributed by atoms with van der Waals surface area (Å²) in [6, 6.07) is 11.5. The van der Waals surface area contributed by atoms with Crippen LogP contribution in [0.1, 0.15) is 29.9 Å². The molecule has 3 rings (SSSR count). The molecule has 0 aliphatic rings. The van der Waals surface area contributed by atoms with Gasteiger partial charge in [-0.15, -0.1) is 0 Å². The third-order valence-electron chi connectivity index (χ3n) is 3.56. The van der Waals surface area contributed by atoms with Gasteiger partial charge in [0, 0.05) is 5.69 Å². The molecule has 0 saturated heterocycles. The molecule has 0 radical (unpaired) electrons. The van der Waals surface area contributed by atoms with E-state index in [1.54, 1.807) is 38.1 Å². The Morgan fingerprint density at radius 2 is 1.70 bits per heavy atom. The van der Waals surface area contributed by atoms with Gasteiger partial charge in [-0.1, -0.05) is 18.2 Å². The van der Waals surface area contributed by atoms with Crippen LogP contribution in [0, 0.1) is 0 Å². The minimum absolute atomic E-state index is 0.0266. The number of esters is 1. The molecule has 0 fully saturated rings. The van der Waals surface area contributed by atoms with Gasteiger partial charge in [-0.2, -0.15) is 13.2 Å². The van der Waals surface area contributed by atoms with Gasteiger partial charge in [0.15, 0.2) is 11.5 Å². The van der Waals surface area contributed by atoms with E-state index in [2.05, 4.69) is 15.3 Å². The Hall–Kier alpha value is -3.16. The fraction of sp³-hybridized carbons (Fsp3) is 0.211. The molecule has 5 nitrogen and oxygen atoms in total. The van der Waals surface area contributed by atoms with E-state index in [0.29, 0.717) is 11.0 Å². The zero-order chi connectivity index (χ0) is 19.6. The quantitative estimate of drug-likeness (QED) is 0.653. The van der Waals surface area contributed by atoms with Crippen LogP contribution in [0.15, 0.2) is 48.5 Å². The zero-order valence-corrected chi connectivity index (χ0v) is 14.5. The van der Waals surface area contributed by atoms with E-state index >= 15 is 0 Å². The number of carbonyl (C=O) groups is 1. The second-order valence-electron chi connectivity index (χ2n) is 6.07. The third-order valence-corrected chi connectivity index (χ3v) is 3.56. The van der Waals surface area contributed by atoms with Crippen molar-refractivity contribution in [2.75, 3.05) is 5.32 Å². The van der Waals surface area contributed by atoms with E-state index in [-0.39, 0.29) is 23.3 Å². The molecule has 3 aromatic rings. The zero-order valence-electron chi connectivity index (χ0n) is 14.5. The Bertz CT molecular complexity index is 987. The van der Waals surface area contributed by atoms with Crippen LogP contribution in [0.3, 0.4) is 0 Å². The van der Waals surface area contributed by atoms with Gasteiger partial charge in [-0.25, -0.2) is 14.8 Å². The molecule has 0 saturated carbocycles. The van der Waals surface area contributed by atoms with E-state index in [0.717, 1.165) is 12.1 Å². The van der Waals surface area contributed by atoms with E-state index in [4.69, 9.17) is 4.74 Å². The van der Waals surface area contributed by atoms with Crippen molar-refractivity contribution in [3.05, 3.63) is 59.8 Å². The Balaban J connectivity index is 2.05. The maximum atomic E-state index is 12.9. The van der Waals surface area contributed by atoms with Gasteiger partial charge in [0.25, 0.3) is 0 Å². The second kappa shape index (κ2) is 7.22. The molecule has 27 heavy (non-hydrogen) atoms. The van der Waals surface area contributed by atoms with Crippen LogP contribution in [-0.4, -0.2) is 22.0 Å². The maximum absolute atomic E-state index is 12.9. The number of aromatic nitrogens is 2. The van der Waals surface area contributed by atoms with Crippen molar-refractivity contribution >= 4 is 28.5 Å². The summed E-state index contributed by atoms with van der Waals surface area (Å²) in [6.07, 6.45) is -4.86. The highest BCUT2D eigenvalue weighted by atomic mass is 19.4. The lowest BCUT2D eigenvalue weighted by atomic mass is 10.2. The van der Waals surface area contributed by atoms with Gasteiger partial charge in [-0.3, -0.25) is 0 Å². The molecule has 1 heterocycles. The third kappa shape index (κ3) is 4.33. The molecule has 0 aliphatic heterocycles. The number of hydrogen-bond acceptors (Lipinski definition) is 5. The number of alkyl halides is 3. The average Bonchev–Trinajstić information content (AvgIpc) is 2.60. The number of benzene rings is 2. The second-order valence-corrected chi connectivity index (χ2v) is 6.07. The minimum atomic E-state index is -4.48. The Morgan fingerprint density at radius 3 is 2.33 bits per heavy atom. The summed E-state index contributed by atoms with van der Waals surface area (Å²) in [5.41, 5.74) is 0.191. The van der Waals surface area contributed by atoms with E-state index < -0.39 is 17.7 Å². The molecule has 1 N–H and O–H groups in total. The first-order chi connectivity index (χ1) is 12.7. The van der Waals surface area contributed by atoms with Crippen molar-refractivity contribution < 1.29 is 22.7 Å². The molecule has 0 spiro atoms. The Labute approximate surface area is 153 Å². The van der Waals surface area contributed by atoms with Crippen molar-refractivity contribution in [3.8, 4) is 0 Å². The predicted molar refractivity (Wildman–Crippen MR) is 94.8 cm³/mol. The van der Waals surface area contributed by atoms with E-state index in [1.165, 1.54) is 12.1 Å². The molecular weight excluding hydrogens is 359 g/mol.